The van der Waals surface area contributed by atoms with Crippen LogP contribution in [0.4, 0.5) is 10.1 Å². The van der Waals surface area contributed by atoms with Crippen LogP contribution in [0.1, 0.15) is 25.7 Å². The van der Waals surface area contributed by atoms with E-state index in [0.29, 0.717) is 41.3 Å². The number of hydrogen-bond acceptors (Lipinski definition) is 6. The van der Waals surface area contributed by atoms with E-state index < -0.39 is 0 Å². The topological polar surface area (TPSA) is 67.7 Å². The van der Waals surface area contributed by atoms with Crippen LogP contribution in [0.25, 0.3) is 16.6 Å². The second-order valence-electron chi connectivity index (χ2n) is 9.73. The van der Waals surface area contributed by atoms with E-state index in [1.165, 1.54) is 23.9 Å². The molecule has 7 nitrogen and oxygen atoms in total. The van der Waals surface area contributed by atoms with Crippen molar-refractivity contribution in [3.8, 4) is 11.4 Å². The summed E-state index contributed by atoms with van der Waals surface area (Å²) < 4.78 is 20.6. The molecule has 2 heterocycles. The van der Waals surface area contributed by atoms with Crippen molar-refractivity contribution in [1.29, 1.82) is 0 Å². The molecule has 4 aromatic rings. The molecule has 0 saturated carbocycles. The highest BCUT2D eigenvalue weighted by Gasteiger charge is 2.22. The molecule has 1 aliphatic rings. The van der Waals surface area contributed by atoms with Crippen molar-refractivity contribution in [3.05, 3.63) is 89.0 Å². The molecule has 5 rings (SSSR count). The average Bonchev–Trinajstić information content (AvgIpc) is 2.99. The molecule has 1 amide bonds. The maximum atomic E-state index is 13.5. The van der Waals surface area contributed by atoms with Crippen LogP contribution in [0.5, 0.6) is 5.75 Å². The zero-order chi connectivity index (χ0) is 27.9. The van der Waals surface area contributed by atoms with E-state index in [1.54, 1.807) is 29.9 Å². The standard InChI is InChI=1S/C31H33FN4O3S/c1-39-28-12-7-6-11-27(28)34-18-20-35(21-19-34)29(37)13-3-2-8-22-40-31-33-26-10-5-4-9-25(26)30(38)36(31)24-16-14-23(32)15-17-24/h4-7,9-12,14-17H,2-3,8,13,18-22H2,1H3. The lowest BCUT2D eigenvalue weighted by atomic mass is 10.1. The molecule has 1 saturated heterocycles. The minimum Gasteiger partial charge on any atom is -0.495 e. The number of nitrogens with zero attached hydrogens (tertiary/aromatic N) is 4. The number of carbonyl (C=O) groups excluding carboxylic acids is 1. The summed E-state index contributed by atoms with van der Waals surface area (Å²) in [6.45, 7) is 3.00. The monoisotopic (exact) mass is 560 g/mol. The molecule has 0 spiro atoms. The number of aromatic nitrogens is 2. The normalized spacial score (nSPS) is 13.6. The summed E-state index contributed by atoms with van der Waals surface area (Å²) in [7, 11) is 1.68. The summed E-state index contributed by atoms with van der Waals surface area (Å²) in [6, 6.07) is 21.1. The number of carbonyl (C=O) groups is 1. The van der Waals surface area contributed by atoms with Crippen molar-refractivity contribution < 1.29 is 13.9 Å². The molecule has 0 unspecified atom stereocenters. The second kappa shape index (κ2) is 13.0. The highest BCUT2D eigenvalue weighted by Crippen LogP contribution is 2.28. The van der Waals surface area contributed by atoms with E-state index in [1.807, 2.05) is 41.3 Å². The van der Waals surface area contributed by atoms with Gasteiger partial charge in [0.05, 0.1) is 29.4 Å². The summed E-state index contributed by atoms with van der Waals surface area (Å²) in [5, 5.41) is 1.11. The van der Waals surface area contributed by atoms with Gasteiger partial charge in [-0.3, -0.25) is 14.2 Å². The maximum Gasteiger partial charge on any atom is 0.266 e. The molecule has 0 aliphatic carbocycles. The molecule has 0 atom stereocenters. The number of halogens is 1. The number of piperazine rings is 1. The Balaban J connectivity index is 1.11. The Labute approximate surface area is 237 Å². The summed E-state index contributed by atoms with van der Waals surface area (Å²) in [6.07, 6.45) is 3.16. The van der Waals surface area contributed by atoms with Crippen LogP contribution in [-0.2, 0) is 4.79 Å². The molecule has 1 fully saturated rings. The smallest absolute Gasteiger partial charge is 0.266 e. The third-order valence-corrected chi connectivity index (χ3v) is 8.18. The Morgan fingerprint density at radius 1 is 0.925 bits per heavy atom. The molecule has 40 heavy (non-hydrogen) atoms. The van der Waals surface area contributed by atoms with Crippen molar-refractivity contribution in [2.45, 2.75) is 30.8 Å². The molecule has 0 N–H and O–H groups in total. The fourth-order valence-electron chi connectivity index (χ4n) is 4.99. The van der Waals surface area contributed by atoms with Crippen LogP contribution in [0, 0.1) is 5.82 Å². The first kappa shape index (κ1) is 27.7. The van der Waals surface area contributed by atoms with Gasteiger partial charge in [-0.15, -0.1) is 0 Å². The first-order valence-electron chi connectivity index (χ1n) is 13.6. The first-order chi connectivity index (χ1) is 19.5. The number of para-hydroxylation sites is 3. The zero-order valence-corrected chi connectivity index (χ0v) is 23.4. The molecule has 3 aromatic carbocycles. The molecule has 0 bridgehead atoms. The van der Waals surface area contributed by atoms with Crippen molar-refractivity contribution in [3.63, 3.8) is 0 Å². The molecular formula is C31H33FN4O3S. The van der Waals surface area contributed by atoms with Gasteiger partial charge in [0, 0.05) is 38.4 Å². The lowest BCUT2D eigenvalue weighted by Gasteiger charge is -2.36. The number of anilines is 1. The average molecular weight is 561 g/mol. The second-order valence-corrected chi connectivity index (χ2v) is 10.8. The summed E-state index contributed by atoms with van der Waals surface area (Å²) in [5.41, 5.74) is 2.13. The summed E-state index contributed by atoms with van der Waals surface area (Å²) >= 11 is 1.51. The van der Waals surface area contributed by atoms with Gasteiger partial charge >= 0.3 is 0 Å². The van der Waals surface area contributed by atoms with E-state index in [9.17, 15) is 14.0 Å². The maximum absolute atomic E-state index is 13.5. The number of thioether (sulfide) groups is 1. The van der Waals surface area contributed by atoms with E-state index in [2.05, 4.69) is 11.0 Å². The fourth-order valence-corrected chi connectivity index (χ4v) is 6.00. The van der Waals surface area contributed by atoms with E-state index in [-0.39, 0.29) is 17.3 Å². The van der Waals surface area contributed by atoms with Crippen molar-refractivity contribution in [1.82, 2.24) is 14.5 Å². The molecule has 0 radical (unpaired) electrons. The molecule has 9 heteroatoms. The highest BCUT2D eigenvalue weighted by atomic mass is 32.2. The largest absolute Gasteiger partial charge is 0.495 e. The van der Waals surface area contributed by atoms with E-state index >= 15 is 0 Å². The van der Waals surface area contributed by atoms with Crippen LogP contribution in [-0.4, -0.2) is 59.4 Å². The van der Waals surface area contributed by atoms with Gasteiger partial charge in [0.25, 0.3) is 5.56 Å². The van der Waals surface area contributed by atoms with Crippen LogP contribution in [0.2, 0.25) is 0 Å². The van der Waals surface area contributed by atoms with E-state index in [0.717, 1.165) is 49.5 Å². The third kappa shape index (κ3) is 6.31. The first-order valence-corrected chi connectivity index (χ1v) is 14.6. The van der Waals surface area contributed by atoms with Gasteiger partial charge in [0.1, 0.15) is 11.6 Å². The highest BCUT2D eigenvalue weighted by molar-refractivity contribution is 7.99. The van der Waals surface area contributed by atoms with E-state index in [4.69, 9.17) is 9.72 Å². The lowest BCUT2D eigenvalue weighted by molar-refractivity contribution is -0.131. The van der Waals surface area contributed by atoms with Crippen molar-refractivity contribution in [2.75, 3.05) is 43.9 Å². The van der Waals surface area contributed by atoms with Gasteiger partial charge < -0.3 is 14.5 Å². The molecular weight excluding hydrogens is 527 g/mol. The number of benzene rings is 3. The number of amides is 1. The summed E-state index contributed by atoms with van der Waals surface area (Å²) in [5.74, 6) is 1.47. The minimum atomic E-state index is -0.354. The SMILES string of the molecule is COc1ccccc1N1CCN(C(=O)CCCCCSc2nc3ccccc3c(=O)n2-c2ccc(F)cc2)CC1. The van der Waals surface area contributed by atoms with Gasteiger partial charge in [0.15, 0.2) is 5.16 Å². The van der Waals surface area contributed by atoms with Crippen LogP contribution < -0.4 is 15.2 Å². The minimum absolute atomic E-state index is 0.170. The van der Waals surface area contributed by atoms with Gasteiger partial charge in [-0.25, -0.2) is 9.37 Å². The quantitative estimate of drug-likeness (QED) is 0.144. The lowest BCUT2D eigenvalue weighted by Crippen LogP contribution is -2.48. The van der Waals surface area contributed by atoms with Gasteiger partial charge in [0.2, 0.25) is 5.91 Å². The number of rotatable bonds is 10. The van der Waals surface area contributed by atoms with Crippen LogP contribution in [0.15, 0.2) is 82.7 Å². The third-order valence-electron chi connectivity index (χ3n) is 7.15. The number of ether oxygens (including phenoxy) is 1. The Morgan fingerprint density at radius 3 is 2.42 bits per heavy atom. The van der Waals surface area contributed by atoms with Gasteiger partial charge in [-0.2, -0.15) is 0 Å². The number of methoxy groups -OCH3 is 1. The van der Waals surface area contributed by atoms with Crippen LogP contribution in [0.3, 0.4) is 0 Å². The summed E-state index contributed by atoms with van der Waals surface area (Å²) in [4.78, 5) is 35.1. The molecule has 1 aromatic heterocycles. The van der Waals surface area contributed by atoms with Crippen LogP contribution >= 0.6 is 11.8 Å². The van der Waals surface area contributed by atoms with Crippen molar-refractivity contribution >= 4 is 34.3 Å². The predicted octanol–water partition coefficient (Wildman–Crippen LogP) is 5.53. The number of hydrogen-bond donors (Lipinski definition) is 0. The Kier molecular flexibility index (Phi) is 9.01. The Bertz CT molecular complexity index is 1520. The number of fused-ring (bicyclic) bond motifs is 1. The Morgan fingerprint density at radius 2 is 1.65 bits per heavy atom. The van der Waals surface area contributed by atoms with Crippen molar-refractivity contribution in [2.24, 2.45) is 0 Å². The predicted molar refractivity (Wildman–Crippen MR) is 158 cm³/mol. The number of unbranched alkanes of at least 4 members (excludes halogenated alkanes) is 2. The van der Waals surface area contributed by atoms with Gasteiger partial charge in [-0.1, -0.05) is 42.4 Å². The zero-order valence-electron chi connectivity index (χ0n) is 22.6. The fraction of sp³-hybridized carbons (Fsp3) is 0.323. The van der Waals surface area contributed by atoms with Gasteiger partial charge in [-0.05, 0) is 61.4 Å². The molecule has 208 valence electrons. The Hall–Kier alpha value is -3.85. The molecule has 1 aliphatic heterocycles.